The molecule has 0 unspecified atom stereocenters. The third-order valence-electron chi connectivity index (χ3n) is 7.34. The van der Waals surface area contributed by atoms with E-state index < -0.39 is 23.3 Å². The molecule has 196 valence electrons. The van der Waals surface area contributed by atoms with Crippen LogP contribution in [-0.4, -0.2) is 52.3 Å². The van der Waals surface area contributed by atoms with Crippen molar-refractivity contribution in [3.05, 3.63) is 84.6 Å². The Bertz CT molecular complexity index is 1730. The van der Waals surface area contributed by atoms with Crippen LogP contribution < -0.4 is 5.32 Å². The predicted molar refractivity (Wildman–Crippen MR) is 144 cm³/mol. The second-order valence-corrected chi connectivity index (χ2v) is 11.1. The molecule has 0 aliphatic heterocycles. The molecular formula is C29H27N7O3. The maximum atomic E-state index is 12.6. The van der Waals surface area contributed by atoms with E-state index in [-0.39, 0.29) is 11.2 Å². The van der Waals surface area contributed by atoms with Crippen molar-refractivity contribution < 1.29 is 14.7 Å². The maximum Gasteiger partial charge on any atom is 0.326 e. The minimum Gasteiger partial charge on any atom is -0.480 e. The lowest BCUT2D eigenvalue weighted by Gasteiger charge is -2.27. The smallest absolute Gasteiger partial charge is 0.326 e. The molecule has 1 aliphatic rings. The van der Waals surface area contributed by atoms with Crippen LogP contribution in [0.15, 0.2) is 67.5 Å². The summed E-state index contributed by atoms with van der Waals surface area (Å²) in [7, 11) is 0. The summed E-state index contributed by atoms with van der Waals surface area (Å²) in [6.07, 6.45) is 12.5. The lowest BCUT2D eigenvalue weighted by Crippen LogP contribution is -2.49. The number of nitrogens with one attached hydrogen (secondary N) is 1. The van der Waals surface area contributed by atoms with Gasteiger partial charge in [-0.3, -0.25) is 14.2 Å². The zero-order valence-electron chi connectivity index (χ0n) is 21.8. The van der Waals surface area contributed by atoms with Gasteiger partial charge in [-0.1, -0.05) is 32.9 Å². The molecule has 2 N–H and O–H groups in total. The molecule has 1 aromatic carbocycles. The number of carbonyl (C=O) groups excluding carboxylic acids is 1. The van der Waals surface area contributed by atoms with Gasteiger partial charge >= 0.3 is 5.97 Å². The number of fused-ring (bicyclic) bond motifs is 2. The molecule has 10 nitrogen and oxygen atoms in total. The standard InChI is InChI=1S/C29H27N7O3/c1-28(2,3)23(26(38)39)35-25(37)24-31-12-18(13-32-24)19-14-33-27-34-15-22(36(27)16-19)29(8-9-29)20-6-7-21-17(11-20)5-4-10-30-21/h4-7,10-16,23H,8-9H2,1-3H3,(H,35,37)(H,38,39)/t23-/m1/s1. The van der Waals surface area contributed by atoms with E-state index in [0.717, 1.165) is 35.0 Å². The number of hydrogen-bond acceptors (Lipinski definition) is 7. The van der Waals surface area contributed by atoms with Crippen molar-refractivity contribution in [2.24, 2.45) is 5.41 Å². The molecule has 1 aliphatic carbocycles. The monoisotopic (exact) mass is 521 g/mol. The van der Waals surface area contributed by atoms with Gasteiger partial charge in [-0.15, -0.1) is 0 Å². The fourth-order valence-electron chi connectivity index (χ4n) is 5.01. The summed E-state index contributed by atoms with van der Waals surface area (Å²) in [5.74, 6) is -1.26. The Balaban J connectivity index is 1.30. The number of imidazole rings is 1. The van der Waals surface area contributed by atoms with Crippen LogP contribution in [0.1, 0.15) is 55.5 Å². The van der Waals surface area contributed by atoms with Crippen LogP contribution in [0.2, 0.25) is 0 Å². The first kappa shape index (κ1) is 24.6. The molecule has 1 fully saturated rings. The predicted octanol–water partition coefficient (Wildman–Crippen LogP) is 4.04. The fraction of sp³-hybridized carbons (Fsp3) is 0.276. The van der Waals surface area contributed by atoms with E-state index in [9.17, 15) is 14.7 Å². The van der Waals surface area contributed by atoms with Gasteiger partial charge in [0.25, 0.3) is 5.91 Å². The average Bonchev–Trinajstić information content (AvgIpc) is 3.62. The molecule has 39 heavy (non-hydrogen) atoms. The van der Waals surface area contributed by atoms with Crippen LogP contribution in [0.3, 0.4) is 0 Å². The lowest BCUT2D eigenvalue weighted by atomic mass is 9.87. The number of nitrogens with zero attached hydrogens (tertiary/aromatic N) is 6. The van der Waals surface area contributed by atoms with Crippen molar-refractivity contribution in [1.29, 1.82) is 0 Å². The van der Waals surface area contributed by atoms with E-state index >= 15 is 0 Å². The first-order chi connectivity index (χ1) is 18.7. The topological polar surface area (TPSA) is 135 Å². The Kier molecular flexibility index (Phi) is 5.64. The highest BCUT2D eigenvalue weighted by molar-refractivity contribution is 5.93. The number of aromatic nitrogens is 6. The summed E-state index contributed by atoms with van der Waals surface area (Å²) in [5.41, 5.74) is 3.88. The molecule has 6 rings (SSSR count). The Hall–Kier alpha value is -4.73. The Morgan fingerprint density at radius 2 is 1.69 bits per heavy atom. The highest BCUT2D eigenvalue weighted by Gasteiger charge is 2.48. The Morgan fingerprint density at radius 3 is 2.38 bits per heavy atom. The van der Waals surface area contributed by atoms with Crippen LogP contribution in [-0.2, 0) is 10.2 Å². The highest BCUT2D eigenvalue weighted by atomic mass is 16.4. The lowest BCUT2D eigenvalue weighted by molar-refractivity contribution is -0.142. The zero-order valence-corrected chi connectivity index (χ0v) is 21.8. The third-order valence-corrected chi connectivity index (χ3v) is 7.34. The van der Waals surface area contributed by atoms with E-state index in [1.165, 1.54) is 18.0 Å². The molecule has 4 aromatic heterocycles. The Morgan fingerprint density at radius 1 is 0.974 bits per heavy atom. The number of benzene rings is 1. The number of pyridine rings is 1. The summed E-state index contributed by atoms with van der Waals surface area (Å²) in [5, 5.41) is 13.1. The van der Waals surface area contributed by atoms with Crippen molar-refractivity contribution in [3.8, 4) is 11.1 Å². The van der Waals surface area contributed by atoms with Gasteiger partial charge < -0.3 is 10.4 Å². The SMILES string of the molecule is CC(C)(C)[C@H](NC(=O)c1ncc(-c2cnc3ncc(C4(c5ccc6ncccc6c5)CC4)n3c2)cn1)C(=O)O. The molecule has 5 aromatic rings. The van der Waals surface area contributed by atoms with E-state index in [0.29, 0.717) is 11.3 Å². The van der Waals surface area contributed by atoms with E-state index in [2.05, 4.69) is 54.5 Å². The fourth-order valence-corrected chi connectivity index (χ4v) is 5.01. The number of amides is 1. The Labute approximate surface area is 224 Å². The number of carboxylic acids is 1. The molecular weight excluding hydrogens is 494 g/mol. The van der Waals surface area contributed by atoms with Crippen molar-refractivity contribution in [2.45, 2.75) is 45.1 Å². The van der Waals surface area contributed by atoms with Gasteiger partial charge in [-0.05, 0) is 42.0 Å². The molecule has 0 saturated heterocycles. The quantitative estimate of drug-likeness (QED) is 0.342. The summed E-state index contributed by atoms with van der Waals surface area (Å²) in [6.45, 7) is 5.23. The minimum absolute atomic E-state index is 0.102. The van der Waals surface area contributed by atoms with Gasteiger partial charge in [0.1, 0.15) is 6.04 Å². The van der Waals surface area contributed by atoms with Gasteiger partial charge in [-0.2, -0.15) is 0 Å². The normalized spacial score (nSPS) is 15.3. The second-order valence-electron chi connectivity index (χ2n) is 11.1. The largest absolute Gasteiger partial charge is 0.480 e. The molecule has 0 bridgehead atoms. The summed E-state index contributed by atoms with van der Waals surface area (Å²) in [6, 6.07) is 9.36. The zero-order chi connectivity index (χ0) is 27.4. The van der Waals surface area contributed by atoms with Gasteiger partial charge in [0.05, 0.1) is 17.4 Å². The first-order valence-corrected chi connectivity index (χ1v) is 12.7. The number of rotatable bonds is 6. The van der Waals surface area contributed by atoms with Gasteiger partial charge in [0.2, 0.25) is 11.6 Å². The van der Waals surface area contributed by atoms with E-state index in [4.69, 9.17) is 0 Å². The molecule has 10 heteroatoms. The van der Waals surface area contributed by atoms with Crippen molar-refractivity contribution in [2.75, 3.05) is 0 Å². The van der Waals surface area contributed by atoms with Crippen LogP contribution in [0.4, 0.5) is 0 Å². The van der Waals surface area contributed by atoms with Crippen LogP contribution >= 0.6 is 0 Å². The molecule has 0 spiro atoms. The summed E-state index contributed by atoms with van der Waals surface area (Å²) < 4.78 is 2.01. The molecule has 1 atom stereocenters. The number of carbonyl (C=O) groups is 2. The summed E-state index contributed by atoms with van der Waals surface area (Å²) >= 11 is 0. The van der Waals surface area contributed by atoms with Crippen molar-refractivity contribution >= 4 is 28.6 Å². The average molecular weight is 522 g/mol. The molecule has 0 radical (unpaired) electrons. The van der Waals surface area contributed by atoms with E-state index in [1.54, 1.807) is 33.2 Å². The van der Waals surface area contributed by atoms with Crippen LogP contribution in [0.25, 0.3) is 27.8 Å². The third kappa shape index (κ3) is 4.37. The number of carboxylic acid groups (broad SMARTS) is 1. The number of hydrogen-bond donors (Lipinski definition) is 2. The highest BCUT2D eigenvalue weighted by Crippen LogP contribution is 2.53. The first-order valence-electron chi connectivity index (χ1n) is 12.7. The van der Waals surface area contributed by atoms with E-state index in [1.807, 2.05) is 22.9 Å². The van der Waals surface area contributed by atoms with Crippen LogP contribution in [0.5, 0.6) is 0 Å². The minimum atomic E-state index is -1.11. The van der Waals surface area contributed by atoms with Crippen LogP contribution in [0, 0.1) is 5.41 Å². The van der Waals surface area contributed by atoms with Gasteiger partial charge in [-0.25, -0.2) is 24.7 Å². The van der Waals surface area contributed by atoms with Gasteiger partial charge in [0.15, 0.2) is 0 Å². The molecule has 1 amide bonds. The van der Waals surface area contributed by atoms with Gasteiger partial charge in [0, 0.05) is 52.9 Å². The maximum absolute atomic E-state index is 12.6. The summed E-state index contributed by atoms with van der Waals surface area (Å²) in [4.78, 5) is 46.2. The molecule has 1 saturated carbocycles. The molecule has 4 heterocycles. The van der Waals surface area contributed by atoms with Crippen molar-refractivity contribution in [1.82, 2.24) is 34.6 Å². The van der Waals surface area contributed by atoms with Crippen molar-refractivity contribution in [3.63, 3.8) is 0 Å². The number of aliphatic carboxylic acids is 1. The second kappa shape index (κ2) is 8.93.